The maximum atomic E-state index is 12.4. The van der Waals surface area contributed by atoms with Gasteiger partial charge in [0.15, 0.2) is 0 Å². The molecule has 2 aromatic carbocycles. The fraction of sp³-hybridized carbons (Fsp3) is 0.133. The van der Waals surface area contributed by atoms with Crippen LogP contribution in [0, 0.1) is 10.1 Å². The number of anilines is 1. The smallest absolute Gasteiger partial charge is 0.271 e. The molecule has 7 nitrogen and oxygen atoms in total. The first-order valence-electron chi connectivity index (χ1n) is 6.43. The Kier molecular flexibility index (Phi) is 5.02. The van der Waals surface area contributed by atoms with E-state index < -0.39 is 10.8 Å². The van der Waals surface area contributed by atoms with Crippen LogP contribution in [0.25, 0.3) is 0 Å². The van der Waals surface area contributed by atoms with E-state index in [1.807, 2.05) is 0 Å². The van der Waals surface area contributed by atoms with E-state index >= 15 is 0 Å². The molecule has 0 fully saturated rings. The topological polar surface area (TPSA) is 90.7 Å². The van der Waals surface area contributed by atoms with Crippen LogP contribution in [0.3, 0.4) is 0 Å². The molecule has 0 bridgehead atoms. The number of rotatable bonds is 5. The number of nitro groups is 1. The molecule has 0 aliphatic heterocycles. The lowest BCUT2D eigenvalue weighted by atomic mass is 10.1. The fourth-order valence-electron chi connectivity index (χ4n) is 1.90. The Morgan fingerprint density at radius 1 is 1.17 bits per heavy atom. The molecule has 0 heterocycles. The van der Waals surface area contributed by atoms with Gasteiger partial charge in [-0.2, -0.15) is 0 Å². The molecule has 0 aliphatic rings. The van der Waals surface area contributed by atoms with E-state index in [1.165, 1.54) is 38.5 Å². The number of non-ortho nitro benzene ring substituents is 1. The third-order valence-corrected chi connectivity index (χ3v) is 3.39. The van der Waals surface area contributed by atoms with Gasteiger partial charge in [-0.05, 0) is 18.2 Å². The third kappa shape index (κ3) is 3.70. The minimum atomic E-state index is -0.569. The quantitative estimate of drug-likeness (QED) is 0.666. The Balaban J connectivity index is 2.32. The predicted molar refractivity (Wildman–Crippen MR) is 85.6 cm³/mol. The van der Waals surface area contributed by atoms with Crippen molar-refractivity contribution in [2.75, 3.05) is 19.5 Å². The molecule has 23 heavy (non-hydrogen) atoms. The molecule has 0 saturated heterocycles. The molecule has 0 radical (unpaired) electrons. The first-order valence-corrected chi connectivity index (χ1v) is 6.81. The molecule has 1 N–H and O–H groups in total. The number of nitrogens with zero attached hydrogens (tertiary/aromatic N) is 1. The van der Waals surface area contributed by atoms with Crippen molar-refractivity contribution in [2.24, 2.45) is 0 Å². The number of benzene rings is 2. The van der Waals surface area contributed by atoms with Gasteiger partial charge in [0, 0.05) is 18.2 Å². The summed E-state index contributed by atoms with van der Waals surface area (Å²) < 4.78 is 10.2. The monoisotopic (exact) mass is 336 g/mol. The van der Waals surface area contributed by atoms with Gasteiger partial charge in [-0.3, -0.25) is 14.9 Å². The number of ether oxygens (including phenoxy) is 2. The Hall–Kier alpha value is -2.80. The van der Waals surface area contributed by atoms with Gasteiger partial charge in [0.1, 0.15) is 11.5 Å². The summed E-state index contributed by atoms with van der Waals surface area (Å²) in [6.07, 6.45) is 0. The van der Waals surface area contributed by atoms with Gasteiger partial charge in [0.2, 0.25) is 0 Å². The molecule has 2 aromatic rings. The van der Waals surface area contributed by atoms with Crippen LogP contribution in [0.4, 0.5) is 11.4 Å². The lowest BCUT2D eigenvalue weighted by molar-refractivity contribution is -0.384. The first-order chi connectivity index (χ1) is 11.0. The van der Waals surface area contributed by atoms with Gasteiger partial charge in [0.05, 0.1) is 35.4 Å². The van der Waals surface area contributed by atoms with Gasteiger partial charge >= 0.3 is 0 Å². The Morgan fingerprint density at radius 3 is 2.52 bits per heavy atom. The summed E-state index contributed by atoms with van der Waals surface area (Å²) in [6.45, 7) is 0. The highest BCUT2D eigenvalue weighted by Crippen LogP contribution is 2.29. The highest BCUT2D eigenvalue weighted by Gasteiger charge is 2.16. The normalized spacial score (nSPS) is 10.0. The molecule has 0 aliphatic carbocycles. The van der Waals surface area contributed by atoms with Crippen LogP contribution in [-0.2, 0) is 0 Å². The zero-order chi connectivity index (χ0) is 17.0. The first kappa shape index (κ1) is 16.6. The zero-order valence-corrected chi connectivity index (χ0v) is 13.1. The second-order valence-corrected chi connectivity index (χ2v) is 4.85. The third-order valence-electron chi connectivity index (χ3n) is 3.06. The van der Waals surface area contributed by atoms with Crippen LogP contribution in [0.2, 0.25) is 5.02 Å². The van der Waals surface area contributed by atoms with E-state index in [4.69, 9.17) is 21.1 Å². The minimum absolute atomic E-state index is 0.142. The second-order valence-electron chi connectivity index (χ2n) is 4.44. The van der Waals surface area contributed by atoms with Crippen molar-refractivity contribution in [3.8, 4) is 11.5 Å². The van der Waals surface area contributed by atoms with Crippen LogP contribution in [0.1, 0.15) is 10.4 Å². The predicted octanol–water partition coefficient (Wildman–Crippen LogP) is 3.52. The maximum absolute atomic E-state index is 12.4. The van der Waals surface area contributed by atoms with E-state index in [0.29, 0.717) is 11.5 Å². The molecular formula is C15H13ClN2O5. The van der Waals surface area contributed by atoms with Crippen molar-refractivity contribution < 1.29 is 19.2 Å². The lowest BCUT2D eigenvalue weighted by Crippen LogP contribution is -2.13. The Morgan fingerprint density at radius 2 is 1.91 bits per heavy atom. The molecule has 0 saturated carbocycles. The highest BCUT2D eigenvalue weighted by atomic mass is 35.5. The number of methoxy groups -OCH3 is 2. The molecule has 1 amide bonds. The zero-order valence-electron chi connectivity index (χ0n) is 12.3. The van der Waals surface area contributed by atoms with Crippen molar-refractivity contribution in [3.63, 3.8) is 0 Å². The van der Waals surface area contributed by atoms with Crippen molar-refractivity contribution in [1.29, 1.82) is 0 Å². The summed E-state index contributed by atoms with van der Waals surface area (Å²) >= 11 is 5.97. The van der Waals surface area contributed by atoms with Gasteiger partial charge in [-0.1, -0.05) is 11.6 Å². The van der Waals surface area contributed by atoms with Gasteiger partial charge in [-0.15, -0.1) is 0 Å². The van der Waals surface area contributed by atoms with Gasteiger partial charge < -0.3 is 14.8 Å². The van der Waals surface area contributed by atoms with Crippen LogP contribution >= 0.6 is 11.6 Å². The van der Waals surface area contributed by atoms with E-state index in [2.05, 4.69) is 5.32 Å². The standard InChI is InChI=1S/C15H13ClN2O5/c1-22-10-4-5-11(14(8-10)23-2)15(19)17-13-7-9(18(20)21)3-6-12(13)16/h3-8H,1-2H3,(H,17,19). The molecular weight excluding hydrogens is 324 g/mol. The number of hydrogen-bond acceptors (Lipinski definition) is 5. The van der Waals surface area contributed by atoms with E-state index in [0.717, 1.165) is 0 Å². The van der Waals surface area contributed by atoms with Crippen LogP contribution in [0.5, 0.6) is 11.5 Å². The van der Waals surface area contributed by atoms with Crippen molar-refractivity contribution in [1.82, 2.24) is 0 Å². The number of carbonyl (C=O) groups is 1. The average Bonchev–Trinajstić information content (AvgIpc) is 2.55. The molecule has 0 atom stereocenters. The lowest BCUT2D eigenvalue weighted by Gasteiger charge is -2.11. The Labute approximate surface area is 136 Å². The minimum Gasteiger partial charge on any atom is -0.497 e. The Bertz CT molecular complexity index is 764. The summed E-state index contributed by atoms with van der Waals surface area (Å²) in [6, 6.07) is 8.48. The fourth-order valence-corrected chi connectivity index (χ4v) is 2.06. The number of halogens is 1. The van der Waals surface area contributed by atoms with Crippen molar-refractivity contribution >= 4 is 28.9 Å². The number of amides is 1. The molecule has 2 rings (SSSR count). The molecule has 8 heteroatoms. The number of hydrogen-bond donors (Lipinski definition) is 1. The van der Waals surface area contributed by atoms with E-state index in [-0.39, 0.29) is 22.0 Å². The molecule has 0 unspecified atom stereocenters. The van der Waals surface area contributed by atoms with E-state index in [1.54, 1.807) is 12.1 Å². The summed E-state index contributed by atoms with van der Waals surface area (Å²) in [5.74, 6) is 0.335. The van der Waals surface area contributed by atoms with Crippen LogP contribution in [-0.4, -0.2) is 25.1 Å². The summed E-state index contributed by atoms with van der Waals surface area (Å²) in [5, 5.41) is 13.5. The van der Waals surface area contributed by atoms with Crippen molar-refractivity contribution in [2.45, 2.75) is 0 Å². The SMILES string of the molecule is COc1ccc(C(=O)Nc2cc([N+](=O)[O-])ccc2Cl)c(OC)c1. The largest absolute Gasteiger partial charge is 0.497 e. The van der Waals surface area contributed by atoms with E-state index in [9.17, 15) is 14.9 Å². The average molecular weight is 337 g/mol. The molecule has 120 valence electrons. The maximum Gasteiger partial charge on any atom is 0.271 e. The number of nitrogens with one attached hydrogen (secondary N) is 1. The van der Waals surface area contributed by atoms with Crippen LogP contribution < -0.4 is 14.8 Å². The molecule has 0 spiro atoms. The highest BCUT2D eigenvalue weighted by molar-refractivity contribution is 6.34. The summed E-state index contributed by atoms with van der Waals surface area (Å²) in [5.41, 5.74) is 0.214. The summed E-state index contributed by atoms with van der Waals surface area (Å²) in [7, 11) is 2.92. The number of nitro benzene ring substituents is 1. The number of carbonyl (C=O) groups excluding carboxylic acids is 1. The van der Waals surface area contributed by atoms with Gasteiger partial charge in [0.25, 0.3) is 11.6 Å². The van der Waals surface area contributed by atoms with Crippen LogP contribution in [0.15, 0.2) is 36.4 Å². The molecule has 0 aromatic heterocycles. The summed E-state index contributed by atoms with van der Waals surface area (Å²) in [4.78, 5) is 22.6. The van der Waals surface area contributed by atoms with Gasteiger partial charge in [-0.25, -0.2) is 0 Å². The second kappa shape index (κ2) is 6.97. The van der Waals surface area contributed by atoms with Crippen molar-refractivity contribution in [3.05, 3.63) is 57.1 Å².